The fourth-order valence-electron chi connectivity index (χ4n) is 2.02. The number of ketones is 1. The second-order valence-corrected chi connectivity index (χ2v) is 8.09. The molecule has 0 aliphatic rings. The van der Waals surface area contributed by atoms with Crippen molar-refractivity contribution in [1.29, 1.82) is 0 Å². The van der Waals surface area contributed by atoms with E-state index in [4.69, 9.17) is 27.9 Å². The molecule has 0 N–H and O–H groups in total. The molecule has 0 aliphatic carbocycles. The van der Waals surface area contributed by atoms with Gasteiger partial charge in [-0.2, -0.15) is 0 Å². The summed E-state index contributed by atoms with van der Waals surface area (Å²) in [6.07, 6.45) is 0. The molecule has 0 amide bonds. The van der Waals surface area contributed by atoms with Crippen molar-refractivity contribution in [3.05, 3.63) is 63.6 Å². The van der Waals surface area contributed by atoms with Gasteiger partial charge in [-0.15, -0.1) is 0 Å². The molecule has 25 heavy (non-hydrogen) atoms. The van der Waals surface area contributed by atoms with Gasteiger partial charge in [0.15, 0.2) is 22.2 Å². The van der Waals surface area contributed by atoms with Crippen molar-refractivity contribution in [2.45, 2.75) is 11.8 Å². The van der Waals surface area contributed by atoms with Crippen LogP contribution in [0.2, 0.25) is 10.0 Å². The molecule has 0 radical (unpaired) electrons. The number of carbonyl (C=O) groups excluding carboxylic acids is 2. The first-order chi connectivity index (χ1) is 11.8. The summed E-state index contributed by atoms with van der Waals surface area (Å²) in [7, 11) is -3.59. The van der Waals surface area contributed by atoms with Crippen molar-refractivity contribution in [2.75, 3.05) is 12.4 Å². The van der Waals surface area contributed by atoms with Crippen molar-refractivity contribution in [1.82, 2.24) is 0 Å². The van der Waals surface area contributed by atoms with Crippen molar-refractivity contribution in [3.8, 4) is 0 Å². The number of carbonyl (C=O) groups is 2. The van der Waals surface area contributed by atoms with Gasteiger partial charge in [0.05, 0.1) is 26.3 Å². The molecule has 2 aromatic rings. The molecule has 0 aromatic heterocycles. The number of Topliss-reactive ketones (excluding diaryl/α,β-unsaturated/α-hetero) is 1. The normalized spacial score (nSPS) is 11.2. The highest BCUT2D eigenvalue weighted by Crippen LogP contribution is 2.23. The third kappa shape index (κ3) is 4.60. The van der Waals surface area contributed by atoms with Crippen LogP contribution in [0.5, 0.6) is 0 Å². The molecule has 0 heterocycles. The van der Waals surface area contributed by atoms with E-state index in [-0.39, 0.29) is 26.8 Å². The number of rotatable bonds is 6. The van der Waals surface area contributed by atoms with Crippen LogP contribution in [0, 0.1) is 0 Å². The zero-order valence-electron chi connectivity index (χ0n) is 13.2. The number of hydrogen-bond donors (Lipinski definition) is 0. The Morgan fingerprint density at radius 2 is 1.72 bits per heavy atom. The van der Waals surface area contributed by atoms with E-state index in [9.17, 15) is 18.0 Å². The van der Waals surface area contributed by atoms with Crippen molar-refractivity contribution in [3.63, 3.8) is 0 Å². The highest BCUT2D eigenvalue weighted by Gasteiger charge is 2.22. The van der Waals surface area contributed by atoms with Crippen molar-refractivity contribution >= 4 is 44.8 Å². The van der Waals surface area contributed by atoms with E-state index < -0.39 is 28.2 Å². The van der Waals surface area contributed by atoms with Gasteiger partial charge in [-0.25, -0.2) is 13.2 Å². The molecule has 0 saturated heterocycles. The molecule has 2 aromatic carbocycles. The molecule has 0 saturated carbocycles. The molecule has 0 aliphatic heterocycles. The van der Waals surface area contributed by atoms with Gasteiger partial charge < -0.3 is 4.74 Å². The van der Waals surface area contributed by atoms with E-state index >= 15 is 0 Å². The predicted octanol–water partition coefficient (Wildman–Crippen LogP) is 3.83. The van der Waals surface area contributed by atoms with Gasteiger partial charge in [-0.3, -0.25) is 4.79 Å². The fraction of sp³-hybridized carbons (Fsp3) is 0.176. The van der Waals surface area contributed by atoms with E-state index in [1.807, 2.05) is 0 Å². The van der Waals surface area contributed by atoms with Crippen LogP contribution in [-0.2, 0) is 14.6 Å². The summed E-state index contributed by atoms with van der Waals surface area (Å²) in [5.74, 6) is -1.52. The van der Waals surface area contributed by atoms with E-state index in [0.29, 0.717) is 5.02 Å². The lowest BCUT2D eigenvalue weighted by Gasteiger charge is -2.09. The second-order valence-electron chi connectivity index (χ2n) is 5.03. The molecular formula is C17H14Cl2O5S. The van der Waals surface area contributed by atoms with E-state index in [2.05, 4.69) is 0 Å². The molecule has 0 spiro atoms. The maximum atomic E-state index is 12.2. The van der Waals surface area contributed by atoms with Crippen molar-refractivity contribution < 1.29 is 22.7 Å². The largest absolute Gasteiger partial charge is 0.454 e. The van der Waals surface area contributed by atoms with Crippen LogP contribution in [0.3, 0.4) is 0 Å². The number of esters is 1. The number of sulfone groups is 1. The second kappa shape index (κ2) is 7.99. The summed E-state index contributed by atoms with van der Waals surface area (Å²) in [6.45, 7) is 0.933. The quantitative estimate of drug-likeness (QED) is 0.543. The van der Waals surface area contributed by atoms with Crippen LogP contribution >= 0.6 is 23.2 Å². The first-order valence-corrected chi connectivity index (χ1v) is 9.64. The maximum Gasteiger partial charge on any atom is 0.339 e. The number of ether oxygens (including phenoxy) is 1. The Hall–Kier alpha value is -1.89. The van der Waals surface area contributed by atoms with Gasteiger partial charge in [-0.05, 0) is 30.3 Å². The fourth-order valence-corrected chi connectivity index (χ4v) is 3.41. The van der Waals surface area contributed by atoms with Gasteiger partial charge in [0, 0.05) is 5.56 Å². The summed E-state index contributed by atoms with van der Waals surface area (Å²) < 4.78 is 29.1. The molecule has 8 heteroatoms. The Labute approximate surface area is 155 Å². The summed E-state index contributed by atoms with van der Waals surface area (Å²) >= 11 is 11.6. The Balaban J connectivity index is 2.16. The van der Waals surface area contributed by atoms with E-state index in [1.165, 1.54) is 49.4 Å². The molecule has 2 rings (SSSR count). The highest BCUT2D eigenvalue weighted by atomic mass is 35.5. The monoisotopic (exact) mass is 400 g/mol. The van der Waals surface area contributed by atoms with Crippen molar-refractivity contribution in [2.24, 2.45) is 0 Å². The minimum atomic E-state index is -3.59. The lowest BCUT2D eigenvalue weighted by Crippen LogP contribution is -2.17. The maximum absolute atomic E-state index is 12.2. The Bertz CT molecular complexity index is 922. The molecule has 0 bridgehead atoms. The molecule has 0 atom stereocenters. The molecule has 0 fully saturated rings. The predicted molar refractivity (Wildman–Crippen MR) is 95.2 cm³/mol. The van der Waals surface area contributed by atoms with Crippen LogP contribution < -0.4 is 0 Å². The van der Waals surface area contributed by atoms with Crippen LogP contribution in [-0.4, -0.2) is 32.5 Å². The van der Waals surface area contributed by atoms with Gasteiger partial charge in [0.25, 0.3) is 0 Å². The summed E-state index contributed by atoms with van der Waals surface area (Å²) in [5.41, 5.74) is 0.128. The van der Waals surface area contributed by atoms with Crippen LogP contribution in [0.4, 0.5) is 0 Å². The summed E-state index contributed by atoms with van der Waals surface area (Å²) in [6, 6.07) is 9.99. The average molecular weight is 401 g/mol. The third-order valence-corrected chi connectivity index (χ3v) is 5.92. The molecule has 5 nitrogen and oxygen atoms in total. The van der Waals surface area contributed by atoms with Crippen LogP contribution in [0.15, 0.2) is 47.4 Å². The topological polar surface area (TPSA) is 77.5 Å². The SMILES string of the molecule is CCS(=O)(=O)c1ccccc1C(=O)OCC(=O)c1ccc(Cl)c(Cl)c1. The minimum Gasteiger partial charge on any atom is -0.454 e. The van der Waals surface area contributed by atoms with Crippen LogP contribution in [0.1, 0.15) is 27.6 Å². The average Bonchev–Trinajstić information content (AvgIpc) is 2.61. The number of halogens is 2. The van der Waals surface area contributed by atoms with Gasteiger partial charge in [0.1, 0.15) is 0 Å². The minimum absolute atomic E-state index is 0.105. The lowest BCUT2D eigenvalue weighted by molar-refractivity contribution is 0.0471. The Morgan fingerprint density at radius 1 is 1.04 bits per heavy atom. The van der Waals surface area contributed by atoms with E-state index in [0.717, 1.165) is 0 Å². The zero-order valence-corrected chi connectivity index (χ0v) is 15.5. The van der Waals surface area contributed by atoms with E-state index in [1.54, 1.807) is 0 Å². The molecular weight excluding hydrogens is 387 g/mol. The summed E-state index contributed by atoms with van der Waals surface area (Å²) in [4.78, 5) is 24.2. The zero-order chi connectivity index (χ0) is 18.6. The molecule has 132 valence electrons. The first-order valence-electron chi connectivity index (χ1n) is 7.23. The smallest absolute Gasteiger partial charge is 0.339 e. The van der Waals surface area contributed by atoms with Crippen LogP contribution in [0.25, 0.3) is 0 Å². The standard InChI is InChI=1S/C17H14Cl2O5S/c1-2-25(22,23)16-6-4-3-5-12(16)17(21)24-10-15(20)11-7-8-13(18)14(19)9-11/h3-9H,2,10H2,1H3. The Kier molecular flexibility index (Phi) is 6.21. The number of benzene rings is 2. The van der Waals surface area contributed by atoms with Gasteiger partial charge in [0.2, 0.25) is 0 Å². The number of hydrogen-bond acceptors (Lipinski definition) is 5. The van der Waals surface area contributed by atoms with Gasteiger partial charge in [-0.1, -0.05) is 42.3 Å². The van der Waals surface area contributed by atoms with Gasteiger partial charge >= 0.3 is 5.97 Å². The first kappa shape index (κ1) is 19.4. The summed E-state index contributed by atoms with van der Waals surface area (Å²) in [5, 5.41) is 0.507. The lowest BCUT2D eigenvalue weighted by atomic mass is 10.1. The Morgan fingerprint density at radius 3 is 2.36 bits per heavy atom. The molecule has 0 unspecified atom stereocenters. The third-order valence-electron chi connectivity index (χ3n) is 3.40. The highest BCUT2D eigenvalue weighted by molar-refractivity contribution is 7.91.